The second kappa shape index (κ2) is 5.38. The molecule has 0 spiro atoms. The Morgan fingerprint density at radius 1 is 1.00 bits per heavy atom. The molecule has 3 N–H and O–H groups in total. The van der Waals surface area contributed by atoms with Crippen molar-refractivity contribution >= 4 is 34.8 Å². The van der Waals surface area contributed by atoms with Crippen LogP contribution in [0.3, 0.4) is 0 Å². The molecular formula is C13H9Cl2NO3. The zero-order chi connectivity index (χ0) is 14.0. The number of amides is 1. The lowest BCUT2D eigenvalue weighted by atomic mass is 10.1. The van der Waals surface area contributed by atoms with Gasteiger partial charge in [-0.25, -0.2) is 0 Å². The number of rotatable bonds is 2. The number of carbonyl (C=O) groups excluding carboxylic acids is 1. The Labute approximate surface area is 119 Å². The van der Waals surface area contributed by atoms with Crippen LogP contribution in [0.1, 0.15) is 10.4 Å². The molecule has 0 unspecified atom stereocenters. The summed E-state index contributed by atoms with van der Waals surface area (Å²) in [4.78, 5) is 11.9. The van der Waals surface area contributed by atoms with Gasteiger partial charge in [-0.2, -0.15) is 0 Å². The first kappa shape index (κ1) is 13.5. The van der Waals surface area contributed by atoms with Gasteiger partial charge in [-0.1, -0.05) is 23.2 Å². The molecule has 0 heterocycles. The first-order valence-electron chi connectivity index (χ1n) is 5.25. The van der Waals surface area contributed by atoms with Crippen molar-refractivity contribution in [2.75, 3.05) is 5.32 Å². The van der Waals surface area contributed by atoms with E-state index in [1.807, 2.05) is 0 Å². The van der Waals surface area contributed by atoms with Crippen molar-refractivity contribution in [3.05, 3.63) is 52.0 Å². The molecule has 2 aromatic carbocycles. The van der Waals surface area contributed by atoms with E-state index in [4.69, 9.17) is 23.2 Å². The number of anilines is 1. The number of carbonyl (C=O) groups is 1. The Balaban J connectivity index is 2.28. The van der Waals surface area contributed by atoms with Gasteiger partial charge in [0.2, 0.25) is 0 Å². The minimum Gasteiger partial charge on any atom is -0.508 e. The maximum atomic E-state index is 11.9. The molecule has 0 aromatic heterocycles. The summed E-state index contributed by atoms with van der Waals surface area (Å²) in [6.45, 7) is 0. The Morgan fingerprint density at radius 3 is 2.26 bits per heavy atom. The quantitative estimate of drug-likeness (QED) is 0.741. The minimum absolute atomic E-state index is 0.0453. The van der Waals surface area contributed by atoms with Crippen molar-refractivity contribution in [2.24, 2.45) is 0 Å². The van der Waals surface area contributed by atoms with Crippen LogP contribution >= 0.6 is 23.2 Å². The van der Waals surface area contributed by atoms with E-state index in [-0.39, 0.29) is 17.1 Å². The lowest BCUT2D eigenvalue weighted by Gasteiger charge is -2.08. The van der Waals surface area contributed by atoms with Crippen molar-refractivity contribution in [3.63, 3.8) is 0 Å². The maximum absolute atomic E-state index is 11.9. The summed E-state index contributed by atoms with van der Waals surface area (Å²) in [5.74, 6) is -0.928. The summed E-state index contributed by atoms with van der Waals surface area (Å²) in [5, 5.41) is 22.2. The van der Waals surface area contributed by atoms with E-state index < -0.39 is 5.91 Å². The molecule has 19 heavy (non-hydrogen) atoms. The van der Waals surface area contributed by atoms with E-state index in [1.165, 1.54) is 30.3 Å². The topological polar surface area (TPSA) is 69.6 Å². The second-order valence-electron chi connectivity index (χ2n) is 3.81. The van der Waals surface area contributed by atoms with E-state index in [2.05, 4.69) is 5.32 Å². The van der Waals surface area contributed by atoms with Crippen LogP contribution in [0.15, 0.2) is 36.4 Å². The molecule has 0 aliphatic rings. The van der Waals surface area contributed by atoms with Gasteiger partial charge in [0.05, 0.1) is 5.56 Å². The van der Waals surface area contributed by atoms with Crippen molar-refractivity contribution < 1.29 is 15.0 Å². The highest BCUT2D eigenvalue weighted by atomic mass is 35.5. The molecule has 0 atom stereocenters. The van der Waals surface area contributed by atoms with Gasteiger partial charge in [-0.05, 0) is 36.4 Å². The van der Waals surface area contributed by atoms with Gasteiger partial charge in [0, 0.05) is 15.7 Å². The van der Waals surface area contributed by atoms with E-state index in [0.717, 1.165) is 6.07 Å². The first-order valence-corrected chi connectivity index (χ1v) is 6.01. The SMILES string of the molecule is O=C(Nc1cc(Cl)cc(Cl)c1)c1cc(O)ccc1O. The number of halogens is 2. The third-order valence-electron chi connectivity index (χ3n) is 2.35. The predicted molar refractivity (Wildman–Crippen MR) is 74.2 cm³/mol. The van der Waals surface area contributed by atoms with Crippen LogP contribution in [-0.2, 0) is 0 Å². The standard InChI is InChI=1S/C13H9Cl2NO3/c14-7-3-8(15)5-9(4-7)16-13(19)11-6-10(17)1-2-12(11)18/h1-6,17-18H,(H,16,19). The van der Waals surface area contributed by atoms with Crippen LogP contribution in [-0.4, -0.2) is 16.1 Å². The van der Waals surface area contributed by atoms with Crippen molar-refractivity contribution in [3.8, 4) is 11.5 Å². The van der Waals surface area contributed by atoms with Gasteiger partial charge in [0.25, 0.3) is 5.91 Å². The van der Waals surface area contributed by atoms with E-state index in [0.29, 0.717) is 15.7 Å². The van der Waals surface area contributed by atoms with E-state index >= 15 is 0 Å². The Kier molecular flexibility index (Phi) is 3.83. The summed E-state index contributed by atoms with van der Waals surface area (Å²) in [7, 11) is 0. The highest BCUT2D eigenvalue weighted by Gasteiger charge is 2.12. The van der Waals surface area contributed by atoms with Crippen LogP contribution in [0.5, 0.6) is 11.5 Å². The van der Waals surface area contributed by atoms with Crippen molar-refractivity contribution in [1.82, 2.24) is 0 Å². The monoisotopic (exact) mass is 297 g/mol. The third kappa shape index (κ3) is 3.30. The molecule has 0 bridgehead atoms. The molecule has 0 saturated heterocycles. The van der Waals surface area contributed by atoms with Crippen LogP contribution in [0.4, 0.5) is 5.69 Å². The summed E-state index contributed by atoms with van der Waals surface area (Å²) in [5.41, 5.74) is 0.348. The van der Waals surface area contributed by atoms with E-state index in [1.54, 1.807) is 0 Å². The fraction of sp³-hybridized carbons (Fsp3) is 0. The highest BCUT2D eigenvalue weighted by Crippen LogP contribution is 2.25. The Morgan fingerprint density at radius 2 is 1.63 bits per heavy atom. The molecule has 98 valence electrons. The van der Waals surface area contributed by atoms with Gasteiger partial charge in [0.1, 0.15) is 11.5 Å². The number of phenolic OH excluding ortho intramolecular Hbond substituents is 2. The molecule has 0 saturated carbocycles. The van der Waals surface area contributed by atoms with Crippen LogP contribution < -0.4 is 5.32 Å². The minimum atomic E-state index is -0.577. The smallest absolute Gasteiger partial charge is 0.259 e. The highest BCUT2D eigenvalue weighted by molar-refractivity contribution is 6.35. The van der Waals surface area contributed by atoms with E-state index in [9.17, 15) is 15.0 Å². The molecule has 0 aliphatic carbocycles. The molecule has 2 rings (SSSR count). The molecular weight excluding hydrogens is 289 g/mol. The van der Waals surface area contributed by atoms with Crippen molar-refractivity contribution in [2.45, 2.75) is 0 Å². The predicted octanol–water partition coefficient (Wildman–Crippen LogP) is 3.66. The van der Waals surface area contributed by atoms with Crippen LogP contribution in [0.25, 0.3) is 0 Å². The molecule has 2 aromatic rings. The number of phenols is 2. The zero-order valence-electron chi connectivity index (χ0n) is 9.52. The summed E-state index contributed by atoms with van der Waals surface area (Å²) >= 11 is 11.6. The summed E-state index contributed by atoms with van der Waals surface area (Å²) < 4.78 is 0. The van der Waals surface area contributed by atoms with Crippen LogP contribution in [0.2, 0.25) is 10.0 Å². The average Bonchev–Trinajstić information content (AvgIpc) is 2.30. The molecule has 4 nitrogen and oxygen atoms in total. The maximum Gasteiger partial charge on any atom is 0.259 e. The Hall–Kier alpha value is -1.91. The first-order chi connectivity index (χ1) is 8.95. The molecule has 0 fully saturated rings. The number of hydrogen-bond donors (Lipinski definition) is 3. The zero-order valence-corrected chi connectivity index (χ0v) is 11.0. The fourth-order valence-corrected chi connectivity index (χ4v) is 2.06. The largest absolute Gasteiger partial charge is 0.508 e. The number of hydrogen-bond acceptors (Lipinski definition) is 3. The number of aromatic hydroxyl groups is 2. The van der Waals surface area contributed by atoms with Crippen molar-refractivity contribution in [1.29, 1.82) is 0 Å². The normalized spacial score (nSPS) is 10.2. The summed E-state index contributed by atoms with van der Waals surface area (Å²) in [6, 6.07) is 8.25. The number of nitrogens with one attached hydrogen (secondary N) is 1. The van der Waals surface area contributed by atoms with Crippen LogP contribution in [0, 0.1) is 0 Å². The molecule has 6 heteroatoms. The van der Waals surface area contributed by atoms with Gasteiger partial charge in [0.15, 0.2) is 0 Å². The average molecular weight is 298 g/mol. The van der Waals surface area contributed by atoms with Gasteiger partial charge in [-0.15, -0.1) is 0 Å². The number of benzene rings is 2. The second-order valence-corrected chi connectivity index (χ2v) is 4.69. The lowest BCUT2D eigenvalue weighted by Crippen LogP contribution is -2.12. The molecule has 0 aliphatic heterocycles. The molecule has 0 radical (unpaired) electrons. The molecule has 1 amide bonds. The van der Waals surface area contributed by atoms with Gasteiger partial charge in [-0.3, -0.25) is 4.79 Å². The fourth-order valence-electron chi connectivity index (χ4n) is 1.53. The lowest BCUT2D eigenvalue weighted by molar-refractivity contribution is 0.102. The van der Waals surface area contributed by atoms with Gasteiger partial charge < -0.3 is 15.5 Å². The summed E-state index contributed by atoms with van der Waals surface area (Å²) in [6.07, 6.45) is 0. The van der Waals surface area contributed by atoms with Gasteiger partial charge >= 0.3 is 0 Å². The third-order valence-corrected chi connectivity index (χ3v) is 2.78. The Bertz CT molecular complexity index is 624.